The third kappa shape index (κ3) is 2.18. The molecule has 3 nitrogen and oxygen atoms in total. The zero-order valence-electron chi connectivity index (χ0n) is 9.12. The van der Waals surface area contributed by atoms with Gasteiger partial charge in [0.15, 0.2) is 0 Å². The zero-order valence-corrected chi connectivity index (χ0v) is 10.7. The first-order chi connectivity index (χ1) is 7.72. The summed E-state index contributed by atoms with van der Waals surface area (Å²) in [6.07, 6.45) is 1.82. The van der Waals surface area contributed by atoms with E-state index in [1.807, 2.05) is 31.5 Å². The van der Waals surface area contributed by atoms with Crippen LogP contribution in [0.5, 0.6) is 0 Å². The summed E-state index contributed by atoms with van der Waals surface area (Å²) in [5.41, 5.74) is 1.94. The number of hydrogen-bond acceptors (Lipinski definition) is 4. The molecule has 0 bridgehead atoms. The molecule has 0 aliphatic carbocycles. The minimum atomic E-state index is 0.646. The smallest absolute Gasteiger partial charge is 0.223 e. The maximum Gasteiger partial charge on any atom is 0.223 e. The summed E-state index contributed by atoms with van der Waals surface area (Å²) in [5.74, 6) is 0.646. The summed E-state index contributed by atoms with van der Waals surface area (Å²) < 4.78 is 0. The van der Waals surface area contributed by atoms with E-state index in [0.717, 1.165) is 27.7 Å². The van der Waals surface area contributed by atoms with Crippen LogP contribution in [-0.2, 0) is 0 Å². The van der Waals surface area contributed by atoms with Crippen molar-refractivity contribution in [1.29, 1.82) is 0 Å². The highest BCUT2D eigenvalue weighted by atomic mass is 35.5. The minimum absolute atomic E-state index is 0.646. The quantitative estimate of drug-likeness (QED) is 0.908. The average molecular weight is 254 g/mol. The molecule has 16 heavy (non-hydrogen) atoms. The molecule has 84 valence electrons. The van der Waals surface area contributed by atoms with Crippen molar-refractivity contribution in [3.05, 3.63) is 28.2 Å². The van der Waals surface area contributed by atoms with Gasteiger partial charge in [0.05, 0.1) is 15.6 Å². The predicted molar refractivity (Wildman–Crippen MR) is 69.3 cm³/mol. The fourth-order valence-electron chi connectivity index (χ4n) is 1.38. The van der Waals surface area contributed by atoms with E-state index in [2.05, 4.69) is 15.3 Å². The highest BCUT2D eigenvalue weighted by Gasteiger charge is 2.10. The van der Waals surface area contributed by atoms with Gasteiger partial charge >= 0.3 is 0 Å². The third-order valence-electron chi connectivity index (χ3n) is 2.14. The normalized spacial score (nSPS) is 10.4. The summed E-state index contributed by atoms with van der Waals surface area (Å²) in [5, 5.41) is 5.80. The van der Waals surface area contributed by atoms with Crippen LogP contribution in [-0.4, -0.2) is 16.5 Å². The van der Waals surface area contributed by atoms with Gasteiger partial charge in [-0.15, -0.1) is 11.3 Å². The van der Waals surface area contributed by atoms with Gasteiger partial charge in [-0.25, -0.2) is 9.97 Å². The van der Waals surface area contributed by atoms with Crippen molar-refractivity contribution in [3.63, 3.8) is 0 Å². The Bertz CT molecular complexity index is 496. The maximum absolute atomic E-state index is 6.11. The Morgan fingerprint density at radius 2 is 2.31 bits per heavy atom. The molecule has 0 saturated carbocycles. The Balaban J connectivity index is 2.47. The van der Waals surface area contributed by atoms with E-state index in [0.29, 0.717) is 5.95 Å². The Morgan fingerprint density at radius 1 is 1.50 bits per heavy atom. The number of thiophene rings is 1. The molecule has 0 saturated heterocycles. The van der Waals surface area contributed by atoms with Gasteiger partial charge in [-0.05, 0) is 30.9 Å². The molecule has 2 aromatic rings. The summed E-state index contributed by atoms with van der Waals surface area (Å²) in [4.78, 5) is 9.68. The van der Waals surface area contributed by atoms with E-state index in [9.17, 15) is 0 Å². The van der Waals surface area contributed by atoms with Gasteiger partial charge in [0.25, 0.3) is 0 Å². The largest absolute Gasteiger partial charge is 0.354 e. The molecule has 0 aromatic carbocycles. The van der Waals surface area contributed by atoms with E-state index in [4.69, 9.17) is 11.6 Å². The van der Waals surface area contributed by atoms with Crippen LogP contribution in [0.15, 0.2) is 17.6 Å². The minimum Gasteiger partial charge on any atom is -0.354 e. The Hall–Kier alpha value is -1.13. The SMILES string of the molecule is CCNc1ncc(C)c(-c2sccc2Cl)n1. The van der Waals surface area contributed by atoms with Crippen LogP contribution in [0, 0.1) is 6.92 Å². The molecule has 0 aliphatic rings. The van der Waals surface area contributed by atoms with Crippen molar-refractivity contribution >= 4 is 28.9 Å². The van der Waals surface area contributed by atoms with Crippen LogP contribution in [0.3, 0.4) is 0 Å². The lowest BCUT2D eigenvalue weighted by atomic mass is 10.2. The molecule has 0 amide bonds. The monoisotopic (exact) mass is 253 g/mol. The second kappa shape index (κ2) is 4.80. The van der Waals surface area contributed by atoms with E-state index < -0.39 is 0 Å². The molecule has 0 spiro atoms. The van der Waals surface area contributed by atoms with Gasteiger partial charge in [-0.2, -0.15) is 0 Å². The van der Waals surface area contributed by atoms with Crippen molar-refractivity contribution in [2.45, 2.75) is 13.8 Å². The lowest BCUT2D eigenvalue weighted by Crippen LogP contribution is -2.03. The molecule has 0 radical (unpaired) electrons. The molecular formula is C11H12ClN3S. The van der Waals surface area contributed by atoms with E-state index in [1.165, 1.54) is 0 Å². The lowest BCUT2D eigenvalue weighted by molar-refractivity contribution is 1.07. The van der Waals surface area contributed by atoms with Crippen LogP contribution in [0.4, 0.5) is 5.95 Å². The molecule has 0 unspecified atom stereocenters. The van der Waals surface area contributed by atoms with Gasteiger partial charge < -0.3 is 5.32 Å². The van der Waals surface area contributed by atoms with Gasteiger partial charge in [-0.3, -0.25) is 0 Å². The molecule has 0 aliphatic heterocycles. The third-order valence-corrected chi connectivity index (χ3v) is 3.49. The summed E-state index contributed by atoms with van der Waals surface area (Å²) in [6, 6.07) is 1.88. The lowest BCUT2D eigenvalue weighted by Gasteiger charge is -2.06. The highest BCUT2D eigenvalue weighted by Crippen LogP contribution is 2.33. The molecule has 1 N–H and O–H groups in total. The van der Waals surface area contributed by atoms with Crippen LogP contribution in [0.25, 0.3) is 10.6 Å². The number of anilines is 1. The Kier molecular flexibility index (Phi) is 3.41. The number of hydrogen-bond donors (Lipinski definition) is 1. The van der Waals surface area contributed by atoms with Crippen LogP contribution in [0.1, 0.15) is 12.5 Å². The Morgan fingerprint density at radius 3 is 2.94 bits per heavy atom. The number of nitrogens with zero attached hydrogens (tertiary/aromatic N) is 2. The summed E-state index contributed by atoms with van der Waals surface area (Å²) >= 11 is 7.70. The first kappa shape index (κ1) is 11.4. The summed E-state index contributed by atoms with van der Waals surface area (Å²) in [6.45, 7) is 4.81. The van der Waals surface area contributed by atoms with Crippen LogP contribution < -0.4 is 5.32 Å². The average Bonchev–Trinajstić information content (AvgIpc) is 2.68. The second-order valence-electron chi connectivity index (χ2n) is 3.35. The van der Waals surface area contributed by atoms with E-state index in [1.54, 1.807) is 11.3 Å². The number of rotatable bonds is 3. The maximum atomic E-state index is 6.11. The van der Waals surface area contributed by atoms with Gasteiger partial charge in [0, 0.05) is 12.7 Å². The van der Waals surface area contributed by atoms with Crippen molar-refractivity contribution in [1.82, 2.24) is 9.97 Å². The number of halogens is 1. The molecular weight excluding hydrogens is 242 g/mol. The fourth-order valence-corrected chi connectivity index (χ4v) is 2.58. The zero-order chi connectivity index (χ0) is 11.5. The highest BCUT2D eigenvalue weighted by molar-refractivity contribution is 7.14. The van der Waals surface area contributed by atoms with Gasteiger partial charge in [-0.1, -0.05) is 11.6 Å². The van der Waals surface area contributed by atoms with Gasteiger partial charge in [0.1, 0.15) is 0 Å². The molecule has 2 rings (SSSR count). The van der Waals surface area contributed by atoms with Gasteiger partial charge in [0.2, 0.25) is 5.95 Å². The second-order valence-corrected chi connectivity index (χ2v) is 4.68. The first-order valence-electron chi connectivity index (χ1n) is 5.03. The molecule has 5 heteroatoms. The number of nitrogens with one attached hydrogen (secondary N) is 1. The standard InChI is InChI=1S/C11H12ClN3S/c1-3-13-11-14-6-7(2)9(15-11)10-8(12)4-5-16-10/h4-6H,3H2,1-2H3,(H,13,14,15). The van der Waals surface area contributed by atoms with Crippen molar-refractivity contribution in [2.75, 3.05) is 11.9 Å². The number of aromatic nitrogens is 2. The molecule has 2 heterocycles. The van der Waals surface area contributed by atoms with E-state index >= 15 is 0 Å². The number of aryl methyl sites for hydroxylation is 1. The fraction of sp³-hybridized carbons (Fsp3) is 0.273. The first-order valence-corrected chi connectivity index (χ1v) is 6.29. The Labute approximate surface area is 104 Å². The molecule has 2 aromatic heterocycles. The van der Waals surface area contributed by atoms with Crippen LogP contribution in [0.2, 0.25) is 5.02 Å². The van der Waals surface area contributed by atoms with E-state index in [-0.39, 0.29) is 0 Å². The van der Waals surface area contributed by atoms with Crippen molar-refractivity contribution in [2.24, 2.45) is 0 Å². The van der Waals surface area contributed by atoms with Crippen molar-refractivity contribution in [3.8, 4) is 10.6 Å². The molecule has 0 fully saturated rings. The summed E-state index contributed by atoms with van der Waals surface area (Å²) in [7, 11) is 0. The molecule has 0 atom stereocenters. The van der Waals surface area contributed by atoms with Crippen molar-refractivity contribution < 1.29 is 0 Å². The van der Waals surface area contributed by atoms with Crippen LogP contribution >= 0.6 is 22.9 Å². The predicted octanol–water partition coefficient (Wildman–Crippen LogP) is 3.60. The topological polar surface area (TPSA) is 37.8 Å².